The SMILES string of the molecule is CCOc1ccc(C(=O)N2C(C)=C(CC(=O)O)C3=CC(O)=C(F)CC32)s1. The molecule has 0 radical (unpaired) electrons. The number of ether oxygens (including phenoxy) is 1. The minimum absolute atomic E-state index is 0.187. The quantitative estimate of drug-likeness (QED) is 0.813. The molecule has 0 saturated heterocycles. The second kappa shape index (κ2) is 6.95. The molecule has 0 spiro atoms. The van der Waals surface area contributed by atoms with Gasteiger partial charge in [-0.25, -0.2) is 4.39 Å². The number of aliphatic hydroxyl groups is 1. The van der Waals surface area contributed by atoms with Crippen molar-refractivity contribution in [2.75, 3.05) is 6.61 Å². The molecule has 0 saturated carbocycles. The van der Waals surface area contributed by atoms with Gasteiger partial charge in [-0.1, -0.05) is 11.3 Å². The van der Waals surface area contributed by atoms with Gasteiger partial charge >= 0.3 is 5.97 Å². The number of halogens is 1. The van der Waals surface area contributed by atoms with Gasteiger partial charge in [-0.05, 0) is 43.2 Å². The van der Waals surface area contributed by atoms with Crippen molar-refractivity contribution in [2.45, 2.75) is 32.7 Å². The third kappa shape index (κ3) is 3.12. The molecule has 138 valence electrons. The summed E-state index contributed by atoms with van der Waals surface area (Å²) in [6.45, 7) is 3.96. The first-order valence-electron chi connectivity index (χ1n) is 8.10. The number of amides is 1. The van der Waals surface area contributed by atoms with Gasteiger partial charge in [0.05, 0.1) is 23.9 Å². The molecule has 3 rings (SSSR count). The standard InChI is InChI=1S/C18H18FNO5S/c1-3-25-17-5-4-15(26-17)18(24)20-9(2)10(7-16(22)23)11-6-14(21)12(19)8-13(11)20/h4-6,13,21H,3,7-8H2,1-2H3,(H,22,23). The first-order chi connectivity index (χ1) is 12.3. The highest BCUT2D eigenvalue weighted by atomic mass is 32.1. The Morgan fingerprint density at radius 2 is 2.15 bits per heavy atom. The van der Waals surface area contributed by atoms with Gasteiger partial charge in [-0.15, -0.1) is 0 Å². The van der Waals surface area contributed by atoms with Crippen LogP contribution in [0.5, 0.6) is 5.06 Å². The molecule has 26 heavy (non-hydrogen) atoms. The van der Waals surface area contributed by atoms with E-state index in [1.807, 2.05) is 6.92 Å². The number of carboxylic acid groups (broad SMARTS) is 1. The van der Waals surface area contributed by atoms with Crippen LogP contribution in [-0.2, 0) is 4.79 Å². The molecule has 1 amide bonds. The van der Waals surface area contributed by atoms with Crippen LogP contribution in [0.25, 0.3) is 0 Å². The minimum Gasteiger partial charge on any atom is -0.505 e. The number of nitrogens with zero attached hydrogens (tertiary/aromatic N) is 1. The first-order valence-corrected chi connectivity index (χ1v) is 8.92. The zero-order valence-corrected chi connectivity index (χ0v) is 15.1. The molecule has 0 fully saturated rings. The Kier molecular flexibility index (Phi) is 4.86. The van der Waals surface area contributed by atoms with E-state index in [1.54, 1.807) is 19.1 Å². The lowest BCUT2D eigenvalue weighted by Crippen LogP contribution is -2.36. The van der Waals surface area contributed by atoms with E-state index in [9.17, 15) is 24.2 Å². The highest BCUT2D eigenvalue weighted by Crippen LogP contribution is 2.43. The van der Waals surface area contributed by atoms with Crippen LogP contribution in [0.3, 0.4) is 0 Å². The molecule has 0 bridgehead atoms. The van der Waals surface area contributed by atoms with Gasteiger partial charge in [-0.2, -0.15) is 0 Å². The summed E-state index contributed by atoms with van der Waals surface area (Å²) in [7, 11) is 0. The Bertz CT molecular complexity index is 867. The predicted octanol–water partition coefficient (Wildman–Crippen LogP) is 3.79. The maximum atomic E-state index is 14.0. The fourth-order valence-corrected chi connectivity index (χ4v) is 4.11. The second-order valence-corrected chi connectivity index (χ2v) is 7.02. The number of aliphatic carboxylic acids is 1. The molecular formula is C18H18FNO5S. The lowest BCUT2D eigenvalue weighted by Gasteiger charge is -2.28. The summed E-state index contributed by atoms with van der Waals surface area (Å²) in [5.41, 5.74) is 1.36. The van der Waals surface area contributed by atoms with Crippen molar-refractivity contribution in [1.82, 2.24) is 4.90 Å². The van der Waals surface area contributed by atoms with E-state index < -0.39 is 23.6 Å². The third-order valence-corrected chi connectivity index (χ3v) is 5.37. The normalized spacial score (nSPS) is 19.6. The molecule has 2 aliphatic rings. The van der Waals surface area contributed by atoms with Crippen LogP contribution in [0, 0.1) is 0 Å². The van der Waals surface area contributed by atoms with E-state index in [0.29, 0.717) is 33.4 Å². The zero-order valence-electron chi connectivity index (χ0n) is 14.3. The highest BCUT2D eigenvalue weighted by molar-refractivity contribution is 7.15. The van der Waals surface area contributed by atoms with Crippen LogP contribution in [0.15, 0.2) is 46.6 Å². The molecule has 6 nitrogen and oxygen atoms in total. The summed E-state index contributed by atoms with van der Waals surface area (Å²) >= 11 is 1.18. The average Bonchev–Trinajstić information content (AvgIpc) is 3.13. The van der Waals surface area contributed by atoms with Gasteiger partial charge in [-0.3, -0.25) is 9.59 Å². The average molecular weight is 379 g/mol. The number of aliphatic hydroxyl groups excluding tert-OH is 1. The van der Waals surface area contributed by atoms with Gasteiger partial charge < -0.3 is 19.8 Å². The van der Waals surface area contributed by atoms with Crippen molar-refractivity contribution < 1.29 is 28.9 Å². The fraction of sp³-hybridized carbons (Fsp3) is 0.333. The molecule has 1 atom stereocenters. The number of carbonyl (C=O) groups is 2. The number of rotatable bonds is 5. The molecule has 1 aliphatic carbocycles. The topological polar surface area (TPSA) is 87.1 Å². The molecular weight excluding hydrogens is 361 g/mol. The molecule has 1 unspecified atom stereocenters. The van der Waals surface area contributed by atoms with Gasteiger partial charge in [0.25, 0.3) is 5.91 Å². The van der Waals surface area contributed by atoms with E-state index in [2.05, 4.69) is 0 Å². The molecule has 8 heteroatoms. The van der Waals surface area contributed by atoms with Crippen molar-refractivity contribution in [3.8, 4) is 5.06 Å². The predicted molar refractivity (Wildman–Crippen MR) is 93.9 cm³/mol. The van der Waals surface area contributed by atoms with Gasteiger partial charge in [0.1, 0.15) is 11.6 Å². The number of hydrogen-bond acceptors (Lipinski definition) is 5. The van der Waals surface area contributed by atoms with E-state index in [1.165, 1.54) is 22.3 Å². The molecule has 1 aromatic rings. The summed E-state index contributed by atoms with van der Waals surface area (Å²) in [5.74, 6) is -2.64. The van der Waals surface area contributed by atoms with E-state index >= 15 is 0 Å². The van der Waals surface area contributed by atoms with Crippen LogP contribution in [0.2, 0.25) is 0 Å². The summed E-state index contributed by atoms with van der Waals surface area (Å²) < 4.78 is 19.4. The smallest absolute Gasteiger partial charge is 0.307 e. The summed E-state index contributed by atoms with van der Waals surface area (Å²) in [6, 6.07) is 2.67. The van der Waals surface area contributed by atoms with Crippen molar-refractivity contribution in [3.05, 3.63) is 51.5 Å². The monoisotopic (exact) mass is 379 g/mol. The summed E-state index contributed by atoms with van der Waals surface area (Å²) in [5, 5.41) is 19.5. The maximum absolute atomic E-state index is 14.0. The zero-order chi connectivity index (χ0) is 19.0. The largest absolute Gasteiger partial charge is 0.505 e. The number of hydrogen-bond donors (Lipinski definition) is 2. The van der Waals surface area contributed by atoms with E-state index in [0.717, 1.165) is 0 Å². The van der Waals surface area contributed by atoms with Gasteiger partial charge in [0.15, 0.2) is 5.06 Å². The molecule has 2 N–H and O–H groups in total. The van der Waals surface area contributed by atoms with Crippen LogP contribution in [-0.4, -0.2) is 39.6 Å². The Balaban J connectivity index is 2.00. The fourth-order valence-electron chi connectivity index (χ4n) is 3.26. The number of carboxylic acids is 1. The van der Waals surface area contributed by atoms with Crippen molar-refractivity contribution >= 4 is 23.2 Å². The number of carbonyl (C=O) groups excluding carboxylic acids is 1. The second-order valence-electron chi connectivity index (χ2n) is 5.97. The number of allylic oxidation sites excluding steroid dienone is 2. The maximum Gasteiger partial charge on any atom is 0.307 e. The Labute approximate surface area is 153 Å². The van der Waals surface area contributed by atoms with Crippen molar-refractivity contribution in [3.63, 3.8) is 0 Å². The van der Waals surface area contributed by atoms with Crippen LogP contribution in [0.1, 0.15) is 36.4 Å². The van der Waals surface area contributed by atoms with Crippen LogP contribution < -0.4 is 4.74 Å². The Morgan fingerprint density at radius 3 is 2.81 bits per heavy atom. The molecule has 1 aliphatic heterocycles. The number of fused-ring (bicyclic) bond motifs is 1. The summed E-state index contributed by atoms with van der Waals surface area (Å²) in [4.78, 5) is 26.1. The summed E-state index contributed by atoms with van der Waals surface area (Å²) in [6.07, 6.45) is 0.730. The van der Waals surface area contributed by atoms with Crippen molar-refractivity contribution in [1.29, 1.82) is 0 Å². The highest BCUT2D eigenvalue weighted by Gasteiger charge is 2.41. The first kappa shape index (κ1) is 18.2. The van der Waals surface area contributed by atoms with Crippen LogP contribution >= 0.6 is 11.3 Å². The van der Waals surface area contributed by atoms with E-state index in [-0.39, 0.29) is 18.7 Å². The number of thiophene rings is 1. The third-order valence-electron chi connectivity index (χ3n) is 4.39. The Morgan fingerprint density at radius 1 is 1.42 bits per heavy atom. The van der Waals surface area contributed by atoms with Crippen LogP contribution in [0.4, 0.5) is 4.39 Å². The van der Waals surface area contributed by atoms with Crippen molar-refractivity contribution in [2.24, 2.45) is 0 Å². The van der Waals surface area contributed by atoms with Gasteiger partial charge in [0.2, 0.25) is 0 Å². The minimum atomic E-state index is -1.06. The van der Waals surface area contributed by atoms with E-state index in [4.69, 9.17) is 4.74 Å². The molecule has 1 aromatic heterocycles. The Hall–Kier alpha value is -2.61. The lowest BCUT2D eigenvalue weighted by atomic mass is 9.92. The molecule has 2 heterocycles. The lowest BCUT2D eigenvalue weighted by molar-refractivity contribution is -0.136. The molecule has 0 aromatic carbocycles. The van der Waals surface area contributed by atoms with Gasteiger partial charge in [0, 0.05) is 12.1 Å².